The fourth-order valence-corrected chi connectivity index (χ4v) is 1.74. The normalized spacial score (nSPS) is 10.2. The average Bonchev–Trinajstić information content (AvgIpc) is 2.52. The molecule has 1 amide bonds. The van der Waals surface area contributed by atoms with E-state index in [1.807, 2.05) is 0 Å². The molecule has 0 unspecified atom stereocenters. The summed E-state index contributed by atoms with van der Waals surface area (Å²) in [6, 6.07) is 7.16. The summed E-state index contributed by atoms with van der Waals surface area (Å²) in [5.41, 5.74) is -0.300. The molecule has 0 fully saturated rings. The Labute approximate surface area is 123 Å². The monoisotopic (exact) mass is 309 g/mol. The van der Waals surface area contributed by atoms with Gasteiger partial charge in [0.2, 0.25) is 0 Å². The highest BCUT2D eigenvalue weighted by molar-refractivity contribution is 6.05. The van der Waals surface area contributed by atoms with Crippen molar-refractivity contribution in [3.63, 3.8) is 0 Å². The van der Waals surface area contributed by atoms with Crippen molar-refractivity contribution in [1.82, 2.24) is 0 Å². The molecule has 4 nitrogen and oxygen atoms in total. The third kappa shape index (κ3) is 3.08. The number of hydrogen-bond acceptors (Lipinski definition) is 3. The van der Waals surface area contributed by atoms with E-state index in [1.165, 1.54) is 31.4 Å². The Hall–Kier alpha value is -2.83. The zero-order valence-corrected chi connectivity index (χ0v) is 11.3. The van der Waals surface area contributed by atoms with Crippen molar-refractivity contribution in [2.75, 3.05) is 12.4 Å². The highest BCUT2D eigenvalue weighted by Crippen LogP contribution is 2.18. The molecular formula is C15H10F3NO3. The van der Waals surface area contributed by atoms with Gasteiger partial charge >= 0.3 is 5.97 Å². The van der Waals surface area contributed by atoms with Crippen molar-refractivity contribution >= 4 is 17.6 Å². The number of hydrogen-bond donors (Lipinski definition) is 1. The summed E-state index contributed by atoms with van der Waals surface area (Å²) in [6.07, 6.45) is 0. The molecule has 22 heavy (non-hydrogen) atoms. The first-order valence-electron chi connectivity index (χ1n) is 6.07. The van der Waals surface area contributed by atoms with Gasteiger partial charge in [-0.05, 0) is 30.3 Å². The fourth-order valence-electron chi connectivity index (χ4n) is 1.74. The molecule has 2 aromatic carbocycles. The summed E-state index contributed by atoms with van der Waals surface area (Å²) in [7, 11) is 1.20. The van der Waals surface area contributed by atoms with Gasteiger partial charge in [0, 0.05) is 5.69 Å². The number of rotatable bonds is 3. The minimum absolute atomic E-state index is 0.172. The zero-order chi connectivity index (χ0) is 16.3. The Morgan fingerprint density at radius 1 is 1.05 bits per heavy atom. The minimum atomic E-state index is -1.73. The predicted octanol–water partition coefficient (Wildman–Crippen LogP) is 3.14. The van der Waals surface area contributed by atoms with Crippen LogP contribution >= 0.6 is 0 Å². The van der Waals surface area contributed by atoms with Crippen molar-refractivity contribution in [1.29, 1.82) is 0 Å². The summed E-state index contributed by atoms with van der Waals surface area (Å²) in [5, 5.41) is 2.29. The van der Waals surface area contributed by atoms with Crippen LogP contribution in [-0.4, -0.2) is 19.0 Å². The number of halogens is 3. The van der Waals surface area contributed by atoms with Crippen molar-refractivity contribution in [2.24, 2.45) is 0 Å². The first kappa shape index (κ1) is 15.6. The molecule has 2 aromatic rings. The van der Waals surface area contributed by atoms with E-state index in [9.17, 15) is 22.8 Å². The molecule has 0 heterocycles. The SMILES string of the molecule is COC(=O)c1cccc(NC(=O)c2ccc(F)c(F)c2F)c1. The van der Waals surface area contributed by atoms with Crippen molar-refractivity contribution < 1.29 is 27.5 Å². The van der Waals surface area contributed by atoms with Gasteiger partial charge in [0.25, 0.3) is 5.91 Å². The fraction of sp³-hybridized carbons (Fsp3) is 0.0667. The third-order valence-corrected chi connectivity index (χ3v) is 2.82. The van der Waals surface area contributed by atoms with E-state index in [-0.39, 0.29) is 11.3 Å². The maximum atomic E-state index is 13.5. The molecule has 0 saturated carbocycles. The molecule has 0 radical (unpaired) electrons. The van der Waals surface area contributed by atoms with E-state index in [4.69, 9.17) is 0 Å². The third-order valence-electron chi connectivity index (χ3n) is 2.82. The summed E-state index contributed by atoms with van der Waals surface area (Å²) in [6.45, 7) is 0. The molecule has 0 atom stereocenters. The quantitative estimate of drug-likeness (QED) is 0.700. The van der Waals surface area contributed by atoms with Gasteiger partial charge in [0.15, 0.2) is 17.5 Å². The van der Waals surface area contributed by atoms with Crippen LogP contribution in [0.25, 0.3) is 0 Å². The van der Waals surface area contributed by atoms with Gasteiger partial charge in [0.05, 0.1) is 18.2 Å². The van der Waals surface area contributed by atoms with Gasteiger partial charge in [-0.3, -0.25) is 4.79 Å². The van der Waals surface area contributed by atoms with E-state index in [1.54, 1.807) is 0 Å². The Morgan fingerprint density at radius 3 is 2.45 bits per heavy atom. The number of esters is 1. The Morgan fingerprint density at radius 2 is 1.77 bits per heavy atom. The maximum Gasteiger partial charge on any atom is 0.337 e. The smallest absolute Gasteiger partial charge is 0.337 e. The largest absolute Gasteiger partial charge is 0.465 e. The number of methoxy groups -OCH3 is 1. The molecule has 1 N–H and O–H groups in total. The van der Waals surface area contributed by atoms with Crippen LogP contribution in [0.1, 0.15) is 20.7 Å². The van der Waals surface area contributed by atoms with Gasteiger partial charge in [0.1, 0.15) is 0 Å². The molecule has 2 rings (SSSR count). The molecule has 0 saturated heterocycles. The zero-order valence-electron chi connectivity index (χ0n) is 11.3. The highest BCUT2D eigenvalue weighted by atomic mass is 19.2. The topological polar surface area (TPSA) is 55.4 Å². The summed E-state index contributed by atoms with van der Waals surface area (Å²) >= 11 is 0. The van der Waals surface area contributed by atoms with Crippen LogP contribution in [0.3, 0.4) is 0 Å². The number of carbonyl (C=O) groups excluding carboxylic acids is 2. The molecule has 0 bridgehead atoms. The Balaban J connectivity index is 2.26. The van der Waals surface area contributed by atoms with E-state index in [2.05, 4.69) is 10.1 Å². The van der Waals surface area contributed by atoms with Crippen molar-refractivity contribution in [3.8, 4) is 0 Å². The standard InChI is InChI=1S/C15H10F3NO3/c1-22-15(21)8-3-2-4-9(7-8)19-14(20)10-5-6-11(16)13(18)12(10)17/h2-7H,1H3,(H,19,20). The molecule has 0 aliphatic carbocycles. The second kappa shape index (κ2) is 6.30. The summed E-state index contributed by atoms with van der Waals surface area (Å²) in [5.74, 6) is -6.28. The van der Waals surface area contributed by atoms with Crippen LogP contribution in [0.5, 0.6) is 0 Å². The lowest BCUT2D eigenvalue weighted by atomic mass is 10.1. The van der Waals surface area contributed by atoms with Gasteiger partial charge in [-0.25, -0.2) is 18.0 Å². The highest BCUT2D eigenvalue weighted by Gasteiger charge is 2.19. The lowest BCUT2D eigenvalue weighted by molar-refractivity contribution is 0.0600. The lowest BCUT2D eigenvalue weighted by Crippen LogP contribution is -2.15. The molecule has 0 aliphatic heterocycles. The molecule has 0 aliphatic rings. The Bertz CT molecular complexity index is 747. The number of benzene rings is 2. The predicted molar refractivity (Wildman–Crippen MR) is 72.1 cm³/mol. The summed E-state index contributed by atoms with van der Waals surface area (Å²) in [4.78, 5) is 23.3. The van der Waals surface area contributed by atoms with Crippen LogP contribution < -0.4 is 5.32 Å². The number of ether oxygens (including phenoxy) is 1. The van der Waals surface area contributed by atoms with E-state index >= 15 is 0 Å². The molecule has 7 heteroatoms. The molecular weight excluding hydrogens is 299 g/mol. The molecule has 0 aromatic heterocycles. The first-order valence-corrected chi connectivity index (χ1v) is 6.07. The summed E-state index contributed by atoms with van der Waals surface area (Å²) < 4.78 is 44.0. The van der Waals surface area contributed by atoms with Crippen LogP contribution in [0, 0.1) is 17.5 Å². The van der Waals surface area contributed by atoms with Crippen LogP contribution in [0.2, 0.25) is 0 Å². The van der Waals surface area contributed by atoms with Crippen LogP contribution in [0.15, 0.2) is 36.4 Å². The minimum Gasteiger partial charge on any atom is -0.465 e. The molecule has 114 valence electrons. The number of carbonyl (C=O) groups is 2. The van der Waals surface area contributed by atoms with Gasteiger partial charge in [-0.1, -0.05) is 6.07 Å². The number of nitrogens with one attached hydrogen (secondary N) is 1. The van der Waals surface area contributed by atoms with Gasteiger partial charge in [-0.2, -0.15) is 0 Å². The second-order valence-electron chi connectivity index (χ2n) is 4.25. The van der Waals surface area contributed by atoms with Crippen LogP contribution in [0.4, 0.5) is 18.9 Å². The Kier molecular flexibility index (Phi) is 4.45. The number of anilines is 1. The van der Waals surface area contributed by atoms with Gasteiger partial charge in [-0.15, -0.1) is 0 Å². The van der Waals surface area contributed by atoms with Crippen molar-refractivity contribution in [2.45, 2.75) is 0 Å². The number of amides is 1. The maximum absolute atomic E-state index is 13.5. The second-order valence-corrected chi connectivity index (χ2v) is 4.25. The van der Waals surface area contributed by atoms with Crippen LogP contribution in [-0.2, 0) is 4.74 Å². The van der Waals surface area contributed by atoms with E-state index in [0.29, 0.717) is 6.07 Å². The lowest BCUT2D eigenvalue weighted by Gasteiger charge is -2.08. The van der Waals surface area contributed by atoms with Gasteiger partial charge < -0.3 is 10.1 Å². The van der Waals surface area contributed by atoms with Crippen molar-refractivity contribution in [3.05, 3.63) is 65.0 Å². The van der Waals surface area contributed by atoms with E-state index in [0.717, 1.165) is 6.07 Å². The average molecular weight is 309 g/mol. The van der Waals surface area contributed by atoms with E-state index < -0.39 is 34.9 Å². The molecule has 0 spiro atoms. The first-order chi connectivity index (χ1) is 10.4.